The number of nitrogens with zero attached hydrogens (tertiary/aromatic N) is 1. The van der Waals surface area contributed by atoms with Crippen molar-refractivity contribution in [2.24, 2.45) is 0 Å². The van der Waals surface area contributed by atoms with E-state index in [4.69, 9.17) is 0 Å². The van der Waals surface area contributed by atoms with Gasteiger partial charge < -0.3 is 5.32 Å². The Kier molecular flexibility index (Phi) is 3.22. The van der Waals surface area contributed by atoms with Gasteiger partial charge in [-0.1, -0.05) is 24.3 Å². The summed E-state index contributed by atoms with van der Waals surface area (Å²) in [7, 11) is 0. The van der Waals surface area contributed by atoms with Gasteiger partial charge in [0, 0.05) is 19.6 Å². The third kappa shape index (κ3) is 2.29. The quantitative estimate of drug-likeness (QED) is 0.795. The number of amides is 3. The summed E-state index contributed by atoms with van der Waals surface area (Å²) in [6.07, 6.45) is 1.35. The van der Waals surface area contributed by atoms with Gasteiger partial charge >= 0.3 is 6.03 Å². The van der Waals surface area contributed by atoms with Gasteiger partial charge in [0.15, 0.2) is 0 Å². The third-order valence-electron chi connectivity index (χ3n) is 4.38. The predicted molar refractivity (Wildman–Crippen MR) is 75.1 cm³/mol. The predicted octanol–water partition coefficient (Wildman–Crippen LogP) is 1.17. The molecule has 2 aliphatic heterocycles. The van der Waals surface area contributed by atoms with Gasteiger partial charge in [-0.3, -0.25) is 15.0 Å². The Labute approximate surface area is 118 Å². The summed E-state index contributed by atoms with van der Waals surface area (Å²) in [5, 5.41) is 5.13. The van der Waals surface area contributed by atoms with E-state index in [1.54, 1.807) is 0 Å². The van der Waals surface area contributed by atoms with Crippen molar-refractivity contribution in [3.8, 4) is 0 Å². The zero-order valence-corrected chi connectivity index (χ0v) is 11.6. The molecule has 0 aliphatic carbocycles. The summed E-state index contributed by atoms with van der Waals surface area (Å²) in [6, 6.07) is 8.00. The van der Waals surface area contributed by atoms with Crippen molar-refractivity contribution in [1.29, 1.82) is 0 Å². The number of hydrogen-bond donors (Lipinski definition) is 2. The van der Waals surface area contributed by atoms with Gasteiger partial charge in [-0.25, -0.2) is 4.79 Å². The molecule has 2 fully saturated rings. The van der Waals surface area contributed by atoms with Crippen LogP contribution in [-0.2, 0) is 11.3 Å². The largest absolute Gasteiger partial charge is 0.323 e. The van der Waals surface area contributed by atoms with Crippen LogP contribution in [-0.4, -0.2) is 35.5 Å². The zero-order valence-electron chi connectivity index (χ0n) is 11.6. The van der Waals surface area contributed by atoms with E-state index < -0.39 is 5.54 Å². The molecule has 0 radical (unpaired) electrons. The molecule has 2 aliphatic rings. The highest BCUT2D eigenvalue weighted by Crippen LogP contribution is 2.26. The van der Waals surface area contributed by atoms with E-state index in [9.17, 15) is 9.59 Å². The second-order valence-electron chi connectivity index (χ2n) is 5.69. The fourth-order valence-corrected chi connectivity index (χ4v) is 3.00. The Morgan fingerprint density at radius 3 is 2.50 bits per heavy atom. The van der Waals surface area contributed by atoms with E-state index in [1.807, 2.05) is 6.07 Å². The lowest BCUT2D eigenvalue weighted by atomic mass is 9.87. The Morgan fingerprint density at radius 2 is 1.90 bits per heavy atom. The summed E-state index contributed by atoms with van der Waals surface area (Å²) in [5.74, 6) is -0.168. The third-order valence-corrected chi connectivity index (χ3v) is 4.38. The summed E-state index contributed by atoms with van der Waals surface area (Å²) in [6.45, 7) is 4.66. The molecular formula is C15H19N3O2. The van der Waals surface area contributed by atoms with Crippen molar-refractivity contribution in [3.63, 3.8) is 0 Å². The van der Waals surface area contributed by atoms with Gasteiger partial charge in [0.05, 0.1) is 0 Å². The number of aryl methyl sites for hydroxylation is 1. The SMILES string of the molecule is Cc1ccccc1CN1CCC2(CC1)NC(=O)NC2=O. The summed E-state index contributed by atoms with van der Waals surface area (Å²) < 4.78 is 0. The van der Waals surface area contributed by atoms with Crippen LogP contribution < -0.4 is 10.6 Å². The Morgan fingerprint density at radius 1 is 1.20 bits per heavy atom. The number of piperidine rings is 1. The van der Waals surface area contributed by atoms with Gasteiger partial charge in [0.1, 0.15) is 5.54 Å². The first-order chi connectivity index (χ1) is 9.59. The minimum atomic E-state index is -0.667. The number of nitrogens with one attached hydrogen (secondary N) is 2. The number of rotatable bonds is 2. The minimum Gasteiger partial charge on any atom is -0.323 e. The first kappa shape index (κ1) is 13.1. The maximum absolute atomic E-state index is 11.9. The fraction of sp³-hybridized carbons (Fsp3) is 0.467. The van der Waals surface area contributed by atoms with Crippen LogP contribution in [0.2, 0.25) is 0 Å². The highest BCUT2D eigenvalue weighted by atomic mass is 16.2. The lowest BCUT2D eigenvalue weighted by Gasteiger charge is -2.37. The molecule has 0 aromatic heterocycles. The molecule has 1 aromatic rings. The van der Waals surface area contributed by atoms with Gasteiger partial charge in [-0.15, -0.1) is 0 Å². The second kappa shape index (κ2) is 4.90. The van der Waals surface area contributed by atoms with Crippen molar-refractivity contribution in [2.45, 2.75) is 31.8 Å². The monoisotopic (exact) mass is 273 g/mol. The molecule has 2 saturated heterocycles. The maximum Gasteiger partial charge on any atom is 0.322 e. The topological polar surface area (TPSA) is 61.4 Å². The normalized spacial score (nSPS) is 21.9. The second-order valence-corrected chi connectivity index (χ2v) is 5.69. The van der Waals surface area contributed by atoms with Crippen LogP contribution in [0.5, 0.6) is 0 Å². The van der Waals surface area contributed by atoms with Crippen molar-refractivity contribution in [2.75, 3.05) is 13.1 Å². The van der Waals surface area contributed by atoms with Crippen LogP contribution in [0.4, 0.5) is 4.79 Å². The van der Waals surface area contributed by atoms with E-state index in [0.717, 1.165) is 19.6 Å². The lowest BCUT2D eigenvalue weighted by Crippen LogP contribution is -2.54. The number of likely N-dealkylation sites (tertiary alicyclic amines) is 1. The van der Waals surface area contributed by atoms with Gasteiger partial charge in [0.25, 0.3) is 5.91 Å². The summed E-state index contributed by atoms with van der Waals surface area (Å²) in [5.41, 5.74) is 1.95. The maximum atomic E-state index is 11.9. The Hall–Kier alpha value is -1.88. The molecular weight excluding hydrogens is 254 g/mol. The first-order valence-electron chi connectivity index (χ1n) is 6.99. The number of urea groups is 1. The van der Waals surface area contributed by atoms with Gasteiger partial charge in [0.2, 0.25) is 0 Å². The Balaban J connectivity index is 1.63. The van der Waals surface area contributed by atoms with Crippen molar-refractivity contribution in [1.82, 2.24) is 15.5 Å². The average molecular weight is 273 g/mol. The molecule has 0 saturated carbocycles. The van der Waals surface area contributed by atoms with Crippen molar-refractivity contribution >= 4 is 11.9 Å². The smallest absolute Gasteiger partial charge is 0.322 e. The number of imide groups is 1. The molecule has 106 valence electrons. The van der Waals surface area contributed by atoms with E-state index in [-0.39, 0.29) is 11.9 Å². The molecule has 3 rings (SSSR count). The van der Waals surface area contributed by atoms with Crippen LogP contribution in [0.15, 0.2) is 24.3 Å². The van der Waals surface area contributed by atoms with Gasteiger partial charge in [-0.2, -0.15) is 0 Å². The summed E-state index contributed by atoms with van der Waals surface area (Å²) >= 11 is 0. The first-order valence-corrected chi connectivity index (χ1v) is 6.99. The van der Waals surface area contributed by atoms with E-state index in [2.05, 4.69) is 40.7 Å². The number of benzene rings is 1. The van der Waals surface area contributed by atoms with Crippen LogP contribution in [0.3, 0.4) is 0 Å². The molecule has 5 nitrogen and oxygen atoms in total. The van der Waals surface area contributed by atoms with Gasteiger partial charge in [-0.05, 0) is 30.9 Å². The van der Waals surface area contributed by atoms with E-state index in [1.165, 1.54) is 11.1 Å². The molecule has 1 aromatic carbocycles. The highest BCUT2D eigenvalue weighted by Gasteiger charge is 2.47. The van der Waals surface area contributed by atoms with Crippen LogP contribution in [0.25, 0.3) is 0 Å². The highest BCUT2D eigenvalue weighted by molar-refractivity contribution is 6.07. The van der Waals surface area contributed by atoms with Crippen LogP contribution in [0.1, 0.15) is 24.0 Å². The number of carbonyl (C=O) groups is 2. The molecule has 0 unspecified atom stereocenters. The summed E-state index contributed by atoms with van der Waals surface area (Å²) in [4.78, 5) is 25.5. The standard InChI is InChI=1S/C15H19N3O2/c1-11-4-2-3-5-12(11)10-18-8-6-15(7-9-18)13(19)16-14(20)17-15/h2-5H,6-10H2,1H3,(H2,16,17,19,20). The molecule has 3 amide bonds. The Bertz CT molecular complexity index is 548. The average Bonchev–Trinajstić information content (AvgIpc) is 2.70. The molecule has 2 N–H and O–H groups in total. The van der Waals surface area contributed by atoms with Crippen molar-refractivity contribution in [3.05, 3.63) is 35.4 Å². The van der Waals surface area contributed by atoms with Crippen LogP contribution in [0, 0.1) is 6.92 Å². The molecule has 0 bridgehead atoms. The van der Waals surface area contributed by atoms with Crippen molar-refractivity contribution < 1.29 is 9.59 Å². The molecule has 20 heavy (non-hydrogen) atoms. The molecule has 5 heteroatoms. The molecule has 1 spiro atoms. The van der Waals surface area contributed by atoms with E-state index in [0.29, 0.717) is 12.8 Å². The molecule has 2 heterocycles. The lowest BCUT2D eigenvalue weighted by molar-refractivity contribution is -0.125. The fourth-order valence-electron chi connectivity index (χ4n) is 3.00. The van der Waals surface area contributed by atoms with Crippen LogP contribution >= 0.6 is 0 Å². The minimum absolute atomic E-state index is 0.168. The van der Waals surface area contributed by atoms with E-state index >= 15 is 0 Å². The number of hydrogen-bond acceptors (Lipinski definition) is 3. The zero-order chi connectivity index (χ0) is 14.2. The number of carbonyl (C=O) groups excluding carboxylic acids is 2. The molecule has 0 atom stereocenters.